The minimum absolute atomic E-state index is 0.0822. The Hall–Kier alpha value is -2.09. The van der Waals surface area contributed by atoms with Crippen LogP contribution in [0.25, 0.3) is 0 Å². The van der Waals surface area contributed by atoms with E-state index in [1.807, 2.05) is 6.92 Å². The molecule has 0 saturated heterocycles. The second-order valence-electron chi connectivity index (χ2n) is 5.14. The van der Waals surface area contributed by atoms with Crippen molar-refractivity contribution < 1.29 is 9.85 Å². The molecule has 0 aliphatic rings. The van der Waals surface area contributed by atoms with Gasteiger partial charge in [-0.25, -0.2) is 0 Å². The minimum atomic E-state index is -0.688. The van der Waals surface area contributed by atoms with E-state index < -0.39 is 21.2 Å². The van der Waals surface area contributed by atoms with E-state index in [2.05, 4.69) is 5.32 Å². The SMILES string of the molecule is CCCc1cc([N+](=O)[O-])c(Nc2c(Cl)cc(Cl)cc2Cl)c([N+](=O)[O-])c1. The smallest absolute Gasteiger partial charge is 0.300 e. The molecule has 25 heavy (non-hydrogen) atoms. The van der Waals surface area contributed by atoms with E-state index in [4.69, 9.17) is 34.8 Å². The molecule has 132 valence electrons. The van der Waals surface area contributed by atoms with Gasteiger partial charge in [-0.15, -0.1) is 0 Å². The Bertz CT molecular complexity index is 800. The van der Waals surface area contributed by atoms with Crippen molar-refractivity contribution in [3.05, 3.63) is 65.1 Å². The lowest BCUT2D eigenvalue weighted by molar-refractivity contribution is -0.392. The molecule has 0 aromatic heterocycles. The molecule has 0 saturated carbocycles. The minimum Gasteiger partial charge on any atom is -0.342 e. The Labute approximate surface area is 157 Å². The van der Waals surface area contributed by atoms with Gasteiger partial charge >= 0.3 is 0 Å². The summed E-state index contributed by atoms with van der Waals surface area (Å²) in [4.78, 5) is 21.5. The maximum atomic E-state index is 11.4. The monoisotopic (exact) mass is 403 g/mol. The van der Waals surface area contributed by atoms with Crippen LogP contribution in [0.2, 0.25) is 15.1 Å². The van der Waals surface area contributed by atoms with Crippen molar-refractivity contribution in [1.29, 1.82) is 0 Å². The first-order valence-electron chi connectivity index (χ1n) is 7.11. The van der Waals surface area contributed by atoms with Crippen molar-refractivity contribution in [2.45, 2.75) is 19.8 Å². The Morgan fingerprint density at radius 3 is 1.80 bits per heavy atom. The molecule has 0 bridgehead atoms. The number of anilines is 2. The Balaban J connectivity index is 2.67. The van der Waals surface area contributed by atoms with Crippen LogP contribution >= 0.6 is 34.8 Å². The molecule has 0 unspecified atom stereocenters. The number of aryl methyl sites for hydroxylation is 1. The van der Waals surface area contributed by atoms with Gasteiger partial charge in [-0.3, -0.25) is 20.2 Å². The van der Waals surface area contributed by atoms with Crippen LogP contribution in [0.1, 0.15) is 18.9 Å². The van der Waals surface area contributed by atoms with E-state index in [0.29, 0.717) is 18.4 Å². The highest BCUT2D eigenvalue weighted by Gasteiger charge is 2.28. The van der Waals surface area contributed by atoms with Crippen LogP contribution in [0.15, 0.2) is 24.3 Å². The number of nitrogens with zero attached hydrogens (tertiary/aromatic N) is 2. The molecular weight excluding hydrogens is 393 g/mol. The number of hydrogen-bond acceptors (Lipinski definition) is 5. The fourth-order valence-corrected chi connectivity index (χ4v) is 3.22. The second-order valence-corrected chi connectivity index (χ2v) is 6.39. The molecule has 2 aromatic rings. The van der Waals surface area contributed by atoms with Crippen molar-refractivity contribution in [2.24, 2.45) is 0 Å². The summed E-state index contributed by atoms with van der Waals surface area (Å²) in [5.74, 6) is 0. The maximum absolute atomic E-state index is 11.4. The molecule has 1 N–H and O–H groups in total. The molecular formula is C15H12Cl3N3O4. The lowest BCUT2D eigenvalue weighted by atomic mass is 10.1. The van der Waals surface area contributed by atoms with E-state index in [1.165, 1.54) is 24.3 Å². The third-order valence-corrected chi connectivity index (χ3v) is 4.16. The fraction of sp³-hybridized carbons (Fsp3) is 0.200. The number of hydrogen-bond donors (Lipinski definition) is 1. The van der Waals surface area contributed by atoms with Crippen molar-refractivity contribution in [2.75, 3.05) is 5.32 Å². The summed E-state index contributed by atoms with van der Waals surface area (Å²) in [6, 6.07) is 5.36. The zero-order chi connectivity index (χ0) is 18.7. The normalized spacial score (nSPS) is 10.6. The lowest BCUT2D eigenvalue weighted by Crippen LogP contribution is -2.04. The van der Waals surface area contributed by atoms with Gasteiger partial charge < -0.3 is 5.32 Å². The highest BCUT2D eigenvalue weighted by atomic mass is 35.5. The first kappa shape index (κ1) is 19.2. The van der Waals surface area contributed by atoms with Crippen LogP contribution in [-0.4, -0.2) is 9.85 Å². The number of nitrogens with one attached hydrogen (secondary N) is 1. The van der Waals surface area contributed by atoms with E-state index in [1.54, 1.807) is 0 Å². The number of rotatable bonds is 6. The summed E-state index contributed by atoms with van der Waals surface area (Å²) in [5, 5.41) is 25.9. The summed E-state index contributed by atoms with van der Waals surface area (Å²) in [6.07, 6.45) is 1.17. The van der Waals surface area contributed by atoms with Gasteiger partial charge in [0.05, 0.1) is 25.6 Å². The van der Waals surface area contributed by atoms with Gasteiger partial charge in [0.15, 0.2) is 5.69 Å². The summed E-state index contributed by atoms with van der Waals surface area (Å²) >= 11 is 17.9. The number of halogens is 3. The largest absolute Gasteiger partial charge is 0.342 e. The van der Waals surface area contributed by atoms with Gasteiger partial charge in [-0.1, -0.05) is 48.1 Å². The Morgan fingerprint density at radius 2 is 1.40 bits per heavy atom. The molecule has 0 spiro atoms. The van der Waals surface area contributed by atoms with E-state index >= 15 is 0 Å². The van der Waals surface area contributed by atoms with Crippen LogP contribution in [-0.2, 0) is 6.42 Å². The van der Waals surface area contributed by atoms with E-state index in [-0.39, 0.29) is 26.4 Å². The highest BCUT2D eigenvalue weighted by molar-refractivity contribution is 6.42. The Morgan fingerprint density at radius 1 is 0.920 bits per heavy atom. The predicted molar refractivity (Wildman–Crippen MR) is 98.5 cm³/mol. The highest BCUT2D eigenvalue weighted by Crippen LogP contribution is 2.42. The second kappa shape index (κ2) is 7.86. The molecule has 0 radical (unpaired) electrons. The molecule has 2 aromatic carbocycles. The third kappa shape index (κ3) is 4.31. The van der Waals surface area contributed by atoms with Crippen molar-refractivity contribution >= 4 is 57.6 Å². The van der Waals surface area contributed by atoms with Crippen LogP contribution in [0, 0.1) is 20.2 Å². The first-order chi connectivity index (χ1) is 11.7. The van der Waals surface area contributed by atoms with Crippen molar-refractivity contribution in [1.82, 2.24) is 0 Å². The van der Waals surface area contributed by atoms with Crippen LogP contribution < -0.4 is 5.32 Å². The summed E-state index contributed by atoms with van der Waals surface area (Å²) in [7, 11) is 0. The topological polar surface area (TPSA) is 98.3 Å². The lowest BCUT2D eigenvalue weighted by Gasteiger charge is -2.12. The average molecular weight is 405 g/mol. The summed E-state index contributed by atoms with van der Waals surface area (Å²) in [5.41, 5.74) is -0.553. The van der Waals surface area contributed by atoms with Crippen LogP contribution in [0.3, 0.4) is 0 Å². The molecule has 0 heterocycles. The van der Waals surface area contributed by atoms with Gasteiger partial charge in [0.1, 0.15) is 0 Å². The van der Waals surface area contributed by atoms with Gasteiger partial charge in [-0.2, -0.15) is 0 Å². The average Bonchev–Trinajstić information content (AvgIpc) is 2.51. The van der Waals surface area contributed by atoms with Crippen molar-refractivity contribution in [3.8, 4) is 0 Å². The van der Waals surface area contributed by atoms with Crippen molar-refractivity contribution in [3.63, 3.8) is 0 Å². The molecule has 10 heteroatoms. The Kier molecular flexibility index (Phi) is 6.05. The van der Waals surface area contributed by atoms with Gasteiger partial charge in [0, 0.05) is 17.2 Å². The molecule has 0 aliphatic carbocycles. The maximum Gasteiger partial charge on any atom is 0.300 e. The predicted octanol–water partition coefficient (Wildman–Crippen LogP) is 6.16. The first-order valence-corrected chi connectivity index (χ1v) is 8.25. The van der Waals surface area contributed by atoms with Gasteiger partial charge in [0.25, 0.3) is 11.4 Å². The summed E-state index contributed by atoms with van der Waals surface area (Å²) < 4.78 is 0. The molecule has 2 rings (SSSR count). The molecule has 0 amide bonds. The zero-order valence-electron chi connectivity index (χ0n) is 12.9. The zero-order valence-corrected chi connectivity index (χ0v) is 15.2. The number of benzene rings is 2. The third-order valence-electron chi connectivity index (χ3n) is 3.35. The quantitative estimate of drug-likeness (QED) is 0.459. The molecule has 7 nitrogen and oxygen atoms in total. The van der Waals surface area contributed by atoms with Gasteiger partial charge in [0.2, 0.25) is 0 Å². The standard InChI is InChI=1S/C15H12Cl3N3O4/c1-2-3-8-4-12(20(22)23)15(13(5-8)21(24)25)19-14-10(17)6-9(16)7-11(14)18/h4-7,19H,2-3H2,1H3. The molecule has 0 aliphatic heterocycles. The number of nitro groups is 2. The van der Waals surface area contributed by atoms with Crippen LogP contribution in [0.5, 0.6) is 0 Å². The molecule has 0 fully saturated rings. The van der Waals surface area contributed by atoms with E-state index in [9.17, 15) is 20.2 Å². The summed E-state index contributed by atoms with van der Waals surface area (Å²) in [6.45, 7) is 1.87. The van der Waals surface area contributed by atoms with Crippen LogP contribution in [0.4, 0.5) is 22.7 Å². The number of nitro benzene ring substituents is 2. The fourth-order valence-electron chi connectivity index (χ4n) is 2.30. The molecule has 0 atom stereocenters. The van der Waals surface area contributed by atoms with E-state index in [0.717, 1.165) is 0 Å². The van der Waals surface area contributed by atoms with Gasteiger partial charge in [-0.05, 0) is 24.1 Å².